The second kappa shape index (κ2) is 5.22. The third-order valence-electron chi connectivity index (χ3n) is 3.97. The van der Waals surface area contributed by atoms with Crippen molar-refractivity contribution in [2.45, 2.75) is 43.4 Å². The number of aromatic nitrogens is 2. The van der Waals surface area contributed by atoms with Gasteiger partial charge in [0.1, 0.15) is 15.4 Å². The number of alkyl halides is 1. The van der Waals surface area contributed by atoms with Gasteiger partial charge >= 0.3 is 0 Å². The standard InChI is InChI=1S/C15H17ClN2S/c1-15(9-5-6-10-15)14-18-17-13(19-14)12(16)11-7-3-2-4-8-11/h2-4,7-8,12H,5-6,9-10H2,1H3. The second-order valence-electron chi connectivity index (χ2n) is 5.49. The van der Waals surface area contributed by atoms with E-state index in [1.807, 2.05) is 30.3 Å². The third kappa shape index (κ3) is 2.54. The van der Waals surface area contributed by atoms with Gasteiger partial charge in [-0.25, -0.2) is 0 Å². The minimum absolute atomic E-state index is 0.183. The van der Waals surface area contributed by atoms with E-state index in [0.717, 1.165) is 15.6 Å². The minimum Gasteiger partial charge on any atom is -0.143 e. The van der Waals surface area contributed by atoms with Crippen LogP contribution >= 0.6 is 22.9 Å². The Balaban J connectivity index is 1.85. The van der Waals surface area contributed by atoms with Crippen LogP contribution in [0.1, 0.15) is 53.6 Å². The topological polar surface area (TPSA) is 25.8 Å². The van der Waals surface area contributed by atoms with Crippen LogP contribution in [0.4, 0.5) is 0 Å². The Hall–Kier alpha value is -0.930. The summed E-state index contributed by atoms with van der Waals surface area (Å²) in [4.78, 5) is 0. The van der Waals surface area contributed by atoms with E-state index in [2.05, 4.69) is 17.1 Å². The summed E-state index contributed by atoms with van der Waals surface area (Å²) in [5.74, 6) is 0. The normalized spacial score (nSPS) is 19.5. The maximum Gasteiger partial charge on any atom is 0.139 e. The molecule has 0 radical (unpaired) electrons. The fraction of sp³-hybridized carbons (Fsp3) is 0.467. The van der Waals surface area contributed by atoms with Crippen LogP contribution in [-0.2, 0) is 5.41 Å². The molecule has 2 nitrogen and oxygen atoms in total. The monoisotopic (exact) mass is 292 g/mol. The van der Waals surface area contributed by atoms with Crippen LogP contribution in [0.5, 0.6) is 0 Å². The van der Waals surface area contributed by atoms with Crippen LogP contribution in [0.2, 0.25) is 0 Å². The summed E-state index contributed by atoms with van der Waals surface area (Å²) in [6, 6.07) is 10.1. The first-order valence-corrected chi connectivity index (χ1v) is 7.97. The van der Waals surface area contributed by atoms with E-state index in [1.54, 1.807) is 11.3 Å². The summed E-state index contributed by atoms with van der Waals surface area (Å²) in [5.41, 5.74) is 1.31. The summed E-state index contributed by atoms with van der Waals surface area (Å²) in [7, 11) is 0. The van der Waals surface area contributed by atoms with Gasteiger partial charge in [-0.2, -0.15) is 0 Å². The summed E-state index contributed by atoms with van der Waals surface area (Å²) in [6.07, 6.45) is 5.04. The quantitative estimate of drug-likeness (QED) is 0.767. The molecule has 0 spiro atoms. The molecule has 100 valence electrons. The molecule has 4 heteroatoms. The van der Waals surface area contributed by atoms with Crippen LogP contribution < -0.4 is 0 Å². The number of halogens is 1. The molecule has 1 aromatic heterocycles. The largest absolute Gasteiger partial charge is 0.143 e. The SMILES string of the molecule is CC1(c2nnc(C(Cl)c3ccccc3)s2)CCCC1. The van der Waals surface area contributed by atoms with Gasteiger partial charge in [0, 0.05) is 5.41 Å². The molecule has 1 heterocycles. The Morgan fingerprint density at radius 2 is 1.84 bits per heavy atom. The van der Waals surface area contributed by atoms with Crippen molar-refractivity contribution >= 4 is 22.9 Å². The van der Waals surface area contributed by atoms with Gasteiger partial charge in [0.05, 0.1) is 0 Å². The van der Waals surface area contributed by atoms with E-state index in [-0.39, 0.29) is 10.8 Å². The van der Waals surface area contributed by atoms with E-state index in [0.29, 0.717) is 0 Å². The average Bonchev–Trinajstić information content (AvgIpc) is 3.08. The molecule has 0 saturated heterocycles. The molecule has 1 atom stereocenters. The number of nitrogens with zero attached hydrogens (tertiary/aromatic N) is 2. The molecule has 1 aliphatic rings. The molecule has 1 aromatic carbocycles. The first-order chi connectivity index (χ1) is 9.19. The molecule has 19 heavy (non-hydrogen) atoms. The van der Waals surface area contributed by atoms with Gasteiger partial charge in [0.25, 0.3) is 0 Å². The zero-order valence-corrected chi connectivity index (χ0v) is 12.5. The zero-order valence-electron chi connectivity index (χ0n) is 11.0. The summed E-state index contributed by atoms with van der Waals surface area (Å²) in [6.45, 7) is 2.30. The van der Waals surface area contributed by atoms with Gasteiger partial charge in [-0.15, -0.1) is 21.8 Å². The maximum absolute atomic E-state index is 6.50. The lowest BCUT2D eigenvalue weighted by Crippen LogP contribution is -2.16. The zero-order chi connectivity index (χ0) is 13.3. The molecule has 0 amide bonds. The third-order valence-corrected chi connectivity index (χ3v) is 5.86. The summed E-state index contributed by atoms with van der Waals surface area (Å²) in [5, 5.41) is 10.6. The van der Waals surface area contributed by atoms with Crippen molar-refractivity contribution in [2.24, 2.45) is 0 Å². The van der Waals surface area contributed by atoms with Gasteiger partial charge in [-0.1, -0.05) is 61.4 Å². The fourth-order valence-corrected chi connectivity index (χ4v) is 4.09. The van der Waals surface area contributed by atoms with Crippen LogP contribution in [0, 0.1) is 0 Å². The van der Waals surface area contributed by atoms with Crippen LogP contribution in [0.25, 0.3) is 0 Å². The van der Waals surface area contributed by atoms with Crippen molar-refractivity contribution in [2.75, 3.05) is 0 Å². The Bertz CT molecular complexity index is 546. The van der Waals surface area contributed by atoms with Crippen LogP contribution in [0.3, 0.4) is 0 Å². The van der Waals surface area contributed by atoms with Crippen LogP contribution in [0.15, 0.2) is 30.3 Å². The Morgan fingerprint density at radius 1 is 1.16 bits per heavy atom. The van der Waals surface area contributed by atoms with E-state index < -0.39 is 0 Å². The number of rotatable bonds is 3. The Labute approximate surface area is 122 Å². The predicted octanol–water partition coefficient (Wildman–Crippen LogP) is 4.70. The predicted molar refractivity (Wildman–Crippen MR) is 79.9 cm³/mol. The van der Waals surface area contributed by atoms with Gasteiger partial charge in [-0.05, 0) is 18.4 Å². The smallest absolute Gasteiger partial charge is 0.139 e. The molecular formula is C15H17ClN2S. The molecule has 1 aliphatic carbocycles. The van der Waals surface area contributed by atoms with E-state index in [9.17, 15) is 0 Å². The highest BCUT2D eigenvalue weighted by Crippen LogP contribution is 2.43. The first-order valence-electron chi connectivity index (χ1n) is 6.72. The highest BCUT2D eigenvalue weighted by atomic mass is 35.5. The summed E-state index contributed by atoms with van der Waals surface area (Å²) >= 11 is 8.18. The number of hydrogen-bond donors (Lipinski definition) is 0. The second-order valence-corrected chi connectivity index (χ2v) is 6.93. The minimum atomic E-state index is -0.183. The number of hydrogen-bond acceptors (Lipinski definition) is 3. The Morgan fingerprint density at radius 3 is 2.53 bits per heavy atom. The van der Waals surface area contributed by atoms with Gasteiger partial charge in [-0.3, -0.25) is 0 Å². The molecule has 3 rings (SSSR count). The molecule has 1 unspecified atom stereocenters. The van der Waals surface area contributed by atoms with Crippen molar-refractivity contribution in [3.63, 3.8) is 0 Å². The lowest BCUT2D eigenvalue weighted by Gasteiger charge is -2.18. The van der Waals surface area contributed by atoms with Gasteiger partial charge in [0.15, 0.2) is 0 Å². The fourth-order valence-electron chi connectivity index (χ4n) is 2.71. The highest BCUT2D eigenvalue weighted by Gasteiger charge is 2.34. The van der Waals surface area contributed by atoms with E-state index >= 15 is 0 Å². The highest BCUT2D eigenvalue weighted by molar-refractivity contribution is 7.11. The average molecular weight is 293 g/mol. The van der Waals surface area contributed by atoms with Gasteiger partial charge < -0.3 is 0 Å². The van der Waals surface area contributed by atoms with Crippen molar-refractivity contribution < 1.29 is 0 Å². The lowest BCUT2D eigenvalue weighted by molar-refractivity contribution is 0.484. The molecule has 0 aliphatic heterocycles. The number of benzene rings is 1. The molecule has 1 saturated carbocycles. The molecular weight excluding hydrogens is 276 g/mol. The molecule has 0 N–H and O–H groups in total. The van der Waals surface area contributed by atoms with Crippen molar-refractivity contribution in [3.05, 3.63) is 45.9 Å². The van der Waals surface area contributed by atoms with E-state index in [1.165, 1.54) is 25.7 Å². The van der Waals surface area contributed by atoms with Crippen molar-refractivity contribution in [3.8, 4) is 0 Å². The lowest BCUT2D eigenvalue weighted by atomic mass is 9.90. The maximum atomic E-state index is 6.50. The van der Waals surface area contributed by atoms with Crippen molar-refractivity contribution in [1.29, 1.82) is 0 Å². The van der Waals surface area contributed by atoms with Crippen LogP contribution in [-0.4, -0.2) is 10.2 Å². The Kier molecular flexibility index (Phi) is 3.59. The van der Waals surface area contributed by atoms with Gasteiger partial charge in [0.2, 0.25) is 0 Å². The summed E-state index contributed by atoms with van der Waals surface area (Å²) < 4.78 is 0. The molecule has 1 fully saturated rings. The van der Waals surface area contributed by atoms with E-state index in [4.69, 9.17) is 11.6 Å². The first kappa shape index (κ1) is 13.1. The molecule has 2 aromatic rings. The molecule has 0 bridgehead atoms. The van der Waals surface area contributed by atoms with Crippen molar-refractivity contribution in [1.82, 2.24) is 10.2 Å².